The molecule has 3 heterocycles. The van der Waals surface area contributed by atoms with Crippen LogP contribution in [-0.2, 0) is 14.2 Å². The molecule has 200 valence electrons. The third-order valence-electron chi connectivity index (χ3n) is 11.7. The van der Waals surface area contributed by atoms with Gasteiger partial charge in [-0.25, -0.2) is 0 Å². The van der Waals surface area contributed by atoms with Crippen molar-refractivity contribution in [2.45, 2.75) is 126 Å². The first-order valence-electron chi connectivity index (χ1n) is 13.3. The van der Waals surface area contributed by atoms with Gasteiger partial charge in [0.1, 0.15) is 30.0 Å². The first kappa shape index (κ1) is 24.9. The van der Waals surface area contributed by atoms with Gasteiger partial charge in [0, 0.05) is 10.8 Å². The average Bonchev–Trinajstić information content (AvgIpc) is 3.24. The molecule has 0 amide bonds. The highest BCUT2D eigenvalue weighted by Gasteiger charge is 2.83. The van der Waals surface area contributed by atoms with Crippen LogP contribution in [0.5, 0.6) is 0 Å². The second kappa shape index (κ2) is 7.39. The fraction of sp³-hybridized carbons (Fsp3) is 1.00. The van der Waals surface area contributed by atoms with Crippen molar-refractivity contribution in [3.8, 4) is 0 Å². The maximum atomic E-state index is 11.8. The summed E-state index contributed by atoms with van der Waals surface area (Å²) in [7, 11) is 0. The molecule has 14 atom stereocenters. The zero-order valence-electron chi connectivity index (χ0n) is 21.1. The topological polar surface area (TPSA) is 149 Å². The Labute approximate surface area is 206 Å². The van der Waals surface area contributed by atoms with Crippen LogP contribution in [-0.4, -0.2) is 97.0 Å². The average molecular weight is 499 g/mol. The van der Waals surface area contributed by atoms with Crippen molar-refractivity contribution >= 4 is 0 Å². The van der Waals surface area contributed by atoms with E-state index in [1.165, 1.54) is 0 Å². The van der Waals surface area contributed by atoms with Gasteiger partial charge in [-0.3, -0.25) is 0 Å². The molecule has 3 saturated heterocycles. The van der Waals surface area contributed by atoms with Crippen molar-refractivity contribution in [3.05, 3.63) is 0 Å². The third kappa shape index (κ3) is 2.80. The zero-order valence-corrected chi connectivity index (χ0v) is 21.1. The van der Waals surface area contributed by atoms with E-state index in [0.29, 0.717) is 19.3 Å². The monoisotopic (exact) mass is 498 g/mol. The van der Waals surface area contributed by atoms with Crippen molar-refractivity contribution in [2.75, 3.05) is 6.61 Å². The number of hydrogen-bond donors (Lipinski definition) is 6. The van der Waals surface area contributed by atoms with Gasteiger partial charge >= 0.3 is 0 Å². The predicted molar refractivity (Wildman–Crippen MR) is 122 cm³/mol. The minimum absolute atomic E-state index is 0.0175. The molecule has 9 nitrogen and oxygen atoms in total. The van der Waals surface area contributed by atoms with Crippen LogP contribution in [0.2, 0.25) is 0 Å². The van der Waals surface area contributed by atoms with Gasteiger partial charge in [0.05, 0.1) is 30.0 Å². The fourth-order valence-corrected chi connectivity index (χ4v) is 9.95. The molecule has 3 spiro atoms. The highest BCUT2D eigenvalue weighted by atomic mass is 16.7. The molecule has 3 aliphatic carbocycles. The molecule has 6 fully saturated rings. The normalized spacial score (nSPS) is 62.6. The van der Waals surface area contributed by atoms with Gasteiger partial charge < -0.3 is 44.8 Å². The van der Waals surface area contributed by atoms with E-state index < -0.39 is 66.1 Å². The molecule has 4 bridgehead atoms. The summed E-state index contributed by atoms with van der Waals surface area (Å²) in [5.41, 5.74) is -2.85. The molecule has 0 unspecified atom stereocenters. The smallest absolute Gasteiger partial charge is 0.186 e. The lowest BCUT2D eigenvalue weighted by Crippen LogP contribution is -2.66. The van der Waals surface area contributed by atoms with Gasteiger partial charge in [0.25, 0.3) is 0 Å². The number of fused-ring (bicyclic) bond motifs is 1. The maximum Gasteiger partial charge on any atom is 0.186 e. The van der Waals surface area contributed by atoms with Crippen molar-refractivity contribution in [2.24, 2.45) is 28.6 Å². The summed E-state index contributed by atoms with van der Waals surface area (Å²) in [5, 5.41) is 63.5. The van der Waals surface area contributed by atoms with Crippen molar-refractivity contribution < 1.29 is 44.8 Å². The minimum atomic E-state index is -1.50. The molecule has 6 aliphatic rings. The lowest BCUT2D eigenvalue weighted by Gasteiger charge is -2.60. The van der Waals surface area contributed by atoms with Crippen LogP contribution in [0, 0.1) is 28.6 Å². The summed E-state index contributed by atoms with van der Waals surface area (Å²) in [6, 6.07) is 0. The molecule has 3 saturated carbocycles. The van der Waals surface area contributed by atoms with E-state index in [1.807, 2.05) is 20.8 Å². The van der Waals surface area contributed by atoms with Gasteiger partial charge in [-0.05, 0) is 63.2 Å². The summed E-state index contributed by atoms with van der Waals surface area (Å²) in [5.74, 6) is 0.405. The highest BCUT2D eigenvalue weighted by Crippen LogP contribution is 2.78. The van der Waals surface area contributed by atoms with Gasteiger partial charge in [-0.1, -0.05) is 20.8 Å². The van der Waals surface area contributed by atoms with E-state index in [4.69, 9.17) is 14.2 Å². The summed E-state index contributed by atoms with van der Waals surface area (Å²) in [6.07, 6.45) is -3.31. The number of hydrogen-bond acceptors (Lipinski definition) is 9. The quantitative estimate of drug-likeness (QED) is 0.318. The SMILES string of the molecule is C[C@@H]1[C@@H]2C[C@H](O[C@@H]3O[C@H](CO)[C@@H](O)[C@H](O)[C@H]3O)C(C)(C)[C@]23O[C@]12CC[C@@H]1C[C@@]2(C[C@H]3O)C[C@@]1(C)O. The molecule has 0 aromatic heterocycles. The van der Waals surface area contributed by atoms with Gasteiger partial charge in [-0.2, -0.15) is 0 Å². The highest BCUT2D eigenvalue weighted by molar-refractivity contribution is 5.31. The largest absolute Gasteiger partial charge is 0.394 e. The Balaban J connectivity index is 1.31. The lowest BCUT2D eigenvalue weighted by atomic mass is 9.57. The van der Waals surface area contributed by atoms with Crippen LogP contribution in [0.25, 0.3) is 0 Å². The number of rotatable bonds is 3. The zero-order chi connectivity index (χ0) is 25.3. The van der Waals surface area contributed by atoms with Gasteiger partial charge in [-0.15, -0.1) is 0 Å². The predicted octanol–water partition coefficient (Wildman–Crippen LogP) is 0.0673. The molecule has 6 rings (SSSR count). The molecule has 0 aromatic carbocycles. The molecule has 0 aromatic rings. The van der Waals surface area contributed by atoms with Crippen LogP contribution < -0.4 is 0 Å². The molecule has 6 N–H and O–H groups in total. The maximum absolute atomic E-state index is 11.8. The van der Waals surface area contributed by atoms with Crippen LogP contribution >= 0.6 is 0 Å². The Morgan fingerprint density at radius 1 is 1.00 bits per heavy atom. The van der Waals surface area contributed by atoms with E-state index in [0.717, 1.165) is 19.3 Å². The van der Waals surface area contributed by atoms with Crippen LogP contribution in [0.4, 0.5) is 0 Å². The van der Waals surface area contributed by atoms with E-state index in [9.17, 15) is 30.6 Å². The number of aliphatic hydroxyl groups is 6. The summed E-state index contributed by atoms with van der Waals surface area (Å²) < 4.78 is 19.1. The van der Waals surface area contributed by atoms with Crippen molar-refractivity contribution in [1.29, 1.82) is 0 Å². The van der Waals surface area contributed by atoms with E-state index in [-0.39, 0.29) is 28.8 Å². The van der Waals surface area contributed by atoms with Gasteiger partial charge in [0.15, 0.2) is 6.29 Å². The Kier molecular flexibility index (Phi) is 5.27. The van der Waals surface area contributed by atoms with Gasteiger partial charge in [0.2, 0.25) is 0 Å². The molecular formula is C26H42O9. The van der Waals surface area contributed by atoms with Crippen LogP contribution in [0.15, 0.2) is 0 Å². The molecule has 3 aliphatic heterocycles. The molecule has 0 radical (unpaired) electrons. The minimum Gasteiger partial charge on any atom is -0.394 e. The Hall–Kier alpha value is -0.360. The summed E-state index contributed by atoms with van der Waals surface area (Å²) >= 11 is 0. The Bertz CT molecular complexity index is 877. The Morgan fingerprint density at radius 2 is 1.71 bits per heavy atom. The molecular weight excluding hydrogens is 456 g/mol. The molecule has 9 heteroatoms. The lowest BCUT2D eigenvalue weighted by molar-refractivity contribution is -0.334. The third-order valence-corrected chi connectivity index (χ3v) is 11.7. The van der Waals surface area contributed by atoms with E-state index in [1.54, 1.807) is 0 Å². The van der Waals surface area contributed by atoms with E-state index >= 15 is 0 Å². The van der Waals surface area contributed by atoms with E-state index in [2.05, 4.69) is 6.92 Å². The second-order valence-corrected chi connectivity index (χ2v) is 13.4. The number of ether oxygens (including phenoxy) is 3. The second-order valence-electron chi connectivity index (χ2n) is 13.4. The summed E-state index contributed by atoms with van der Waals surface area (Å²) in [4.78, 5) is 0. The molecule has 35 heavy (non-hydrogen) atoms. The van der Waals surface area contributed by atoms with Crippen LogP contribution in [0.1, 0.15) is 66.2 Å². The first-order valence-corrected chi connectivity index (χ1v) is 13.3. The fourth-order valence-electron chi connectivity index (χ4n) is 9.95. The van der Waals surface area contributed by atoms with Crippen molar-refractivity contribution in [1.82, 2.24) is 0 Å². The Morgan fingerprint density at radius 3 is 2.40 bits per heavy atom. The van der Waals surface area contributed by atoms with Crippen LogP contribution in [0.3, 0.4) is 0 Å². The first-order chi connectivity index (χ1) is 16.3. The standard InChI is InChI=1S/C26H42O9/c1-12-14-7-17(34-21-20(31)19(30)18(29)15(10-27)33-21)22(2,3)26(14)16(28)9-24-8-13(23(4,32)11-24)5-6-25(12,24)35-26/h12-21,27-32H,5-11H2,1-4H3/t12-,13-,14+,15-,16-,17+,18-,19+,20-,21+,23-,24-,25-,26+/m1/s1. The summed E-state index contributed by atoms with van der Waals surface area (Å²) in [6.45, 7) is 7.72. The number of aliphatic hydroxyl groups excluding tert-OH is 5. The van der Waals surface area contributed by atoms with Crippen molar-refractivity contribution in [3.63, 3.8) is 0 Å².